The molecule has 0 radical (unpaired) electrons. The van der Waals surface area contributed by atoms with E-state index in [1.807, 2.05) is 0 Å². The Morgan fingerprint density at radius 1 is 1.22 bits per heavy atom. The molecule has 7 nitrogen and oxygen atoms in total. The average Bonchev–Trinajstić information content (AvgIpc) is 2.67. The fourth-order valence-corrected chi connectivity index (χ4v) is 3.79. The Labute approximate surface area is 157 Å². The van der Waals surface area contributed by atoms with Crippen LogP contribution in [0.2, 0.25) is 0 Å². The number of hydrogen-bond donors (Lipinski definition) is 2. The summed E-state index contributed by atoms with van der Waals surface area (Å²) in [5.74, 6) is -1.42. The van der Waals surface area contributed by atoms with Crippen molar-refractivity contribution in [3.63, 3.8) is 0 Å². The van der Waals surface area contributed by atoms with Crippen LogP contribution in [0, 0.1) is 5.92 Å². The summed E-state index contributed by atoms with van der Waals surface area (Å²) >= 11 is 0. The predicted molar refractivity (Wildman–Crippen MR) is 99.8 cm³/mol. The number of hydrogen-bond acceptors (Lipinski definition) is 4. The molecule has 2 aliphatic rings. The van der Waals surface area contributed by atoms with Gasteiger partial charge < -0.3 is 10.2 Å². The van der Waals surface area contributed by atoms with Gasteiger partial charge in [0.25, 0.3) is 5.91 Å². The summed E-state index contributed by atoms with van der Waals surface area (Å²) in [7, 11) is 0. The monoisotopic (exact) mass is 369 g/mol. The molecule has 7 heteroatoms. The van der Waals surface area contributed by atoms with Crippen molar-refractivity contribution in [2.24, 2.45) is 5.92 Å². The van der Waals surface area contributed by atoms with Crippen molar-refractivity contribution in [2.75, 3.05) is 11.9 Å². The highest BCUT2D eigenvalue weighted by Crippen LogP contribution is 2.30. The summed E-state index contributed by atoms with van der Waals surface area (Å²) in [5.41, 5.74) is 0.969. The van der Waals surface area contributed by atoms with Crippen LogP contribution >= 0.6 is 0 Å². The van der Waals surface area contributed by atoms with Crippen molar-refractivity contribution < 1.29 is 19.2 Å². The van der Waals surface area contributed by atoms with E-state index in [4.69, 9.17) is 0 Å². The normalized spacial score (nSPS) is 22.7. The summed E-state index contributed by atoms with van der Waals surface area (Å²) in [6.45, 7) is 3.99. The zero-order valence-electron chi connectivity index (χ0n) is 15.1. The molecule has 1 aromatic carbocycles. The van der Waals surface area contributed by atoms with Crippen LogP contribution in [-0.4, -0.2) is 41.1 Å². The second-order valence-electron chi connectivity index (χ2n) is 6.89. The molecule has 4 amide bonds. The van der Waals surface area contributed by atoms with Gasteiger partial charge in [0.15, 0.2) is 0 Å². The molecule has 0 saturated carbocycles. The van der Waals surface area contributed by atoms with Gasteiger partial charge in [-0.3, -0.25) is 24.5 Å². The molecule has 0 aromatic heterocycles. The quantitative estimate of drug-likeness (QED) is 0.625. The number of likely N-dealkylation sites (tertiary alicyclic amines) is 1. The third-order valence-corrected chi connectivity index (χ3v) is 5.12. The van der Waals surface area contributed by atoms with Gasteiger partial charge in [-0.25, -0.2) is 0 Å². The number of nitrogens with zero attached hydrogens (tertiary/aromatic N) is 1. The third kappa shape index (κ3) is 4.24. The van der Waals surface area contributed by atoms with Crippen molar-refractivity contribution in [3.8, 4) is 0 Å². The van der Waals surface area contributed by atoms with Gasteiger partial charge in [0.05, 0.1) is 5.92 Å². The van der Waals surface area contributed by atoms with E-state index in [1.54, 1.807) is 29.2 Å². The van der Waals surface area contributed by atoms with Crippen molar-refractivity contribution in [1.82, 2.24) is 10.2 Å². The lowest BCUT2D eigenvalue weighted by atomic mass is 9.84. The molecule has 142 valence electrons. The molecule has 2 fully saturated rings. The Bertz CT molecular complexity index is 789. The molecule has 2 aliphatic heterocycles. The molecule has 1 aromatic rings. The molecule has 2 N–H and O–H groups in total. The summed E-state index contributed by atoms with van der Waals surface area (Å²) in [6, 6.07) is 6.51. The van der Waals surface area contributed by atoms with Gasteiger partial charge in [0, 0.05) is 30.3 Å². The molecule has 2 atom stereocenters. The molecule has 2 saturated heterocycles. The molecule has 0 bridgehead atoms. The van der Waals surface area contributed by atoms with Crippen LogP contribution in [0.15, 0.2) is 36.9 Å². The van der Waals surface area contributed by atoms with Crippen molar-refractivity contribution >= 4 is 29.3 Å². The highest BCUT2D eigenvalue weighted by Gasteiger charge is 2.39. The lowest BCUT2D eigenvalue weighted by molar-refractivity contribution is -0.138. The number of imide groups is 1. The fraction of sp³-hybridized carbons (Fsp3) is 0.400. The van der Waals surface area contributed by atoms with Crippen molar-refractivity contribution in [2.45, 2.75) is 38.1 Å². The molecule has 27 heavy (non-hydrogen) atoms. The zero-order valence-corrected chi connectivity index (χ0v) is 15.1. The Morgan fingerprint density at radius 3 is 2.78 bits per heavy atom. The molecular weight excluding hydrogens is 346 g/mol. The van der Waals surface area contributed by atoms with Crippen LogP contribution in [0.25, 0.3) is 0 Å². The highest BCUT2D eigenvalue weighted by molar-refractivity contribution is 6.01. The minimum absolute atomic E-state index is 0.167. The maximum absolute atomic E-state index is 13.1. The maximum Gasteiger partial charge on any atom is 0.254 e. The average molecular weight is 369 g/mol. The van der Waals surface area contributed by atoms with Crippen molar-refractivity contribution in [1.29, 1.82) is 0 Å². The van der Waals surface area contributed by atoms with Gasteiger partial charge in [0.1, 0.15) is 0 Å². The maximum atomic E-state index is 13.1. The van der Waals surface area contributed by atoms with Crippen LogP contribution in [0.3, 0.4) is 0 Å². The smallest absolute Gasteiger partial charge is 0.254 e. The molecule has 0 aliphatic carbocycles. The van der Waals surface area contributed by atoms with Gasteiger partial charge in [-0.2, -0.15) is 0 Å². The first-order valence-electron chi connectivity index (χ1n) is 9.17. The van der Waals surface area contributed by atoms with E-state index in [1.165, 1.54) is 0 Å². The van der Waals surface area contributed by atoms with Gasteiger partial charge in [-0.15, -0.1) is 0 Å². The van der Waals surface area contributed by atoms with Gasteiger partial charge in [-0.05, 0) is 50.0 Å². The van der Waals surface area contributed by atoms with E-state index in [9.17, 15) is 19.2 Å². The first-order chi connectivity index (χ1) is 13.0. The van der Waals surface area contributed by atoms with Crippen LogP contribution in [0.4, 0.5) is 5.69 Å². The number of anilines is 1. The van der Waals surface area contributed by atoms with Gasteiger partial charge in [-0.1, -0.05) is 12.6 Å². The Kier molecular flexibility index (Phi) is 5.69. The Hall–Kier alpha value is -2.96. The number of rotatable bonds is 4. The number of carbonyl (C=O) groups excluding carboxylic acids is 4. The van der Waals surface area contributed by atoms with Crippen LogP contribution in [0.1, 0.15) is 42.5 Å². The minimum atomic E-state index is -0.365. The van der Waals surface area contributed by atoms with E-state index in [0.29, 0.717) is 30.6 Å². The molecular formula is C20H23N3O4. The van der Waals surface area contributed by atoms with E-state index >= 15 is 0 Å². The number of piperidine rings is 2. The van der Waals surface area contributed by atoms with Gasteiger partial charge in [0.2, 0.25) is 17.7 Å². The number of nitrogens with one attached hydrogen (secondary N) is 2. The second-order valence-corrected chi connectivity index (χ2v) is 6.89. The molecule has 3 rings (SSSR count). The summed E-state index contributed by atoms with van der Waals surface area (Å²) in [6.07, 6.45) is 4.50. The zero-order chi connectivity index (χ0) is 19.4. The number of carbonyl (C=O) groups is 4. The Morgan fingerprint density at radius 2 is 2.04 bits per heavy atom. The Balaban J connectivity index is 1.80. The van der Waals surface area contributed by atoms with Gasteiger partial charge >= 0.3 is 0 Å². The fourth-order valence-electron chi connectivity index (χ4n) is 3.79. The summed E-state index contributed by atoms with van der Waals surface area (Å²) < 4.78 is 0. The first-order valence-corrected chi connectivity index (χ1v) is 9.17. The van der Waals surface area contributed by atoms with Crippen LogP contribution in [-0.2, 0) is 14.4 Å². The SMILES string of the molecule is C=CC(=O)Nc1cccc(C(=O)N2CCCCC2C2CCC(=O)NC2=O)c1. The second kappa shape index (κ2) is 8.16. The standard InChI is InChI=1S/C20H23N3O4/c1-2-17(24)21-14-7-5-6-13(12-14)20(27)23-11-4-3-8-16(23)15-9-10-18(25)22-19(15)26/h2,5-7,12,15-16H,1,3-4,8-11H2,(H,21,24)(H,22,25,26). The topological polar surface area (TPSA) is 95.6 Å². The first kappa shape index (κ1) is 18.8. The van der Waals surface area contributed by atoms with E-state index in [2.05, 4.69) is 17.2 Å². The van der Waals surface area contributed by atoms with Crippen molar-refractivity contribution in [3.05, 3.63) is 42.5 Å². The number of amides is 4. The van der Waals surface area contributed by atoms with E-state index < -0.39 is 0 Å². The highest BCUT2D eigenvalue weighted by atomic mass is 16.2. The minimum Gasteiger partial charge on any atom is -0.335 e. The summed E-state index contributed by atoms with van der Waals surface area (Å²) in [5, 5.41) is 5.04. The third-order valence-electron chi connectivity index (χ3n) is 5.12. The lowest BCUT2D eigenvalue weighted by Gasteiger charge is -2.41. The largest absolute Gasteiger partial charge is 0.335 e. The van der Waals surface area contributed by atoms with Crippen LogP contribution in [0.5, 0.6) is 0 Å². The molecule has 0 spiro atoms. The van der Waals surface area contributed by atoms with E-state index in [-0.39, 0.29) is 35.6 Å². The van der Waals surface area contributed by atoms with Crippen LogP contribution < -0.4 is 10.6 Å². The molecule has 2 heterocycles. The lowest BCUT2D eigenvalue weighted by Crippen LogP contribution is -2.54. The number of benzene rings is 1. The predicted octanol–water partition coefficient (Wildman–Crippen LogP) is 1.86. The molecule has 2 unspecified atom stereocenters. The summed E-state index contributed by atoms with van der Waals surface area (Å²) in [4.78, 5) is 50.1. The van der Waals surface area contributed by atoms with E-state index in [0.717, 1.165) is 25.3 Å².